The second-order valence-electron chi connectivity index (χ2n) is 6.09. The van der Waals surface area contributed by atoms with Gasteiger partial charge in [-0.2, -0.15) is 0 Å². The minimum atomic E-state index is -0.326. The van der Waals surface area contributed by atoms with Crippen molar-refractivity contribution in [2.45, 2.75) is 19.9 Å². The van der Waals surface area contributed by atoms with Crippen LogP contribution in [0.2, 0.25) is 0 Å². The number of anilines is 1. The summed E-state index contributed by atoms with van der Waals surface area (Å²) in [6, 6.07) is 14.5. The number of benzene rings is 2. The molecule has 3 rings (SSSR count). The van der Waals surface area contributed by atoms with Crippen LogP contribution in [0.1, 0.15) is 18.9 Å². The van der Waals surface area contributed by atoms with E-state index in [2.05, 4.69) is 10.6 Å². The number of nitrogens with one attached hydrogen (secondary N) is 2. The first-order chi connectivity index (χ1) is 13.2. The third-order valence-electron chi connectivity index (χ3n) is 4.20. The average molecular weight is 369 g/mol. The largest absolute Gasteiger partial charge is 0.454 e. The van der Waals surface area contributed by atoms with Gasteiger partial charge in [0, 0.05) is 31.7 Å². The van der Waals surface area contributed by atoms with Crippen molar-refractivity contribution in [1.82, 2.24) is 10.2 Å². The number of amides is 3. The van der Waals surface area contributed by atoms with Crippen molar-refractivity contribution in [2.75, 3.05) is 25.2 Å². The Morgan fingerprint density at radius 3 is 2.63 bits per heavy atom. The van der Waals surface area contributed by atoms with Crippen LogP contribution in [0.25, 0.3) is 0 Å². The van der Waals surface area contributed by atoms with E-state index < -0.39 is 0 Å². The van der Waals surface area contributed by atoms with Gasteiger partial charge in [0.25, 0.3) is 0 Å². The fraction of sp³-hybridized carbons (Fsp3) is 0.300. The lowest BCUT2D eigenvalue weighted by Crippen LogP contribution is -2.35. The van der Waals surface area contributed by atoms with Gasteiger partial charge in [-0.25, -0.2) is 4.79 Å². The van der Waals surface area contributed by atoms with E-state index in [0.717, 1.165) is 11.3 Å². The molecule has 0 aromatic heterocycles. The number of carbonyl (C=O) groups is 2. The van der Waals surface area contributed by atoms with E-state index in [9.17, 15) is 9.59 Å². The zero-order valence-electron chi connectivity index (χ0n) is 15.2. The molecule has 2 aromatic rings. The first-order valence-electron chi connectivity index (χ1n) is 8.92. The molecule has 0 saturated heterocycles. The number of urea groups is 1. The summed E-state index contributed by atoms with van der Waals surface area (Å²) in [4.78, 5) is 26.1. The van der Waals surface area contributed by atoms with Crippen molar-refractivity contribution < 1.29 is 19.1 Å². The Balaban J connectivity index is 1.45. The number of para-hydroxylation sites is 1. The maximum atomic E-state index is 12.5. The topological polar surface area (TPSA) is 79.9 Å². The van der Waals surface area contributed by atoms with Gasteiger partial charge in [0.2, 0.25) is 12.7 Å². The van der Waals surface area contributed by atoms with E-state index >= 15 is 0 Å². The molecule has 0 aliphatic carbocycles. The number of rotatable bonds is 7. The molecule has 0 bridgehead atoms. The molecule has 0 atom stereocenters. The minimum Gasteiger partial charge on any atom is -0.454 e. The van der Waals surface area contributed by atoms with Crippen molar-refractivity contribution in [3.8, 4) is 11.5 Å². The molecule has 0 saturated carbocycles. The van der Waals surface area contributed by atoms with E-state index in [0.29, 0.717) is 24.5 Å². The normalized spacial score (nSPS) is 11.7. The molecular formula is C20H23N3O4. The summed E-state index contributed by atoms with van der Waals surface area (Å²) in [6.45, 7) is 3.51. The summed E-state index contributed by atoms with van der Waals surface area (Å²) in [5, 5.41) is 5.43. The van der Waals surface area contributed by atoms with Gasteiger partial charge in [-0.1, -0.05) is 24.3 Å². The van der Waals surface area contributed by atoms with Crippen LogP contribution in [0.3, 0.4) is 0 Å². The maximum absolute atomic E-state index is 12.5. The molecule has 2 aromatic carbocycles. The second-order valence-corrected chi connectivity index (χ2v) is 6.09. The van der Waals surface area contributed by atoms with Crippen LogP contribution in [0.5, 0.6) is 11.5 Å². The Morgan fingerprint density at radius 1 is 1.07 bits per heavy atom. The Kier molecular flexibility index (Phi) is 6.14. The molecule has 0 radical (unpaired) electrons. The molecule has 7 heteroatoms. The lowest BCUT2D eigenvalue weighted by Gasteiger charge is -2.21. The summed E-state index contributed by atoms with van der Waals surface area (Å²) < 4.78 is 10.7. The van der Waals surface area contributed by atoms with Gasteiger partial charge in [-0.05, 0) is 36.8 Å². The molecule has 142 valence electrons. The van der Waals surface area contributed by atoms with E-state index in [1.807, 2.05) is 43.3 Å². The van der Waals surface area contributed by atoms with Crippen LogP contribution in [0.4, 0.5) is 10.5 Å². The number of nitrogens with zero attached hydrogens (tertiary/aromatic N) is 1. The third kappa shape index (κ3) is 5.13. The smallest absolute Gasteiger partial charge is 0.319 e. The molecule has 0 spiro atoms. The van der Waals surface area contributed by atoms with E-state index in [1.165, 1.54) is 0 Å². The molecule has 1 aliphatic rings. The van der Waals surface area contributed by atoms with Gasteiger partial charge in [0.15, 0.2) is 11.5 Å². The molecule has 0 fully saturated rings. The first-order valence-corrected chi connectivity index (χ1v) is 8.92. The Bertz CT molecular complexity index is 795. The molecule has 3 amide bonds. The molecule has 1 aliphatic heterocycles. The fourth-order valence-electron chi connectivity index (χ4n) is 2.77. The number of fused-ring (bicyclic) bond motifs is 1. The minimum absolute atomic E-state index is 0.0184. The van der Waals surface area contributed by atoms with Gasteiger partial charge < -0.3 is 25.0 Å². The molecule has 1 heterocycles. The predicted octanol–water partition coefficient (Wildman–Crippen LogP) is 2.98. The maximum Gasteiger partial charge on any atom is 0.319 e. The highest BCUT2D eigenvalue weighted by atomic mass is 16.7. The highest BCUT2D eigenvalue weighted by Gasteiger charge is 2.16. The molecular weight excluding hydrogens is 346 g/mol. The predicted molar refractivity (Wildman–Crippen MR) is 102 cm³/mol. The highest BCUT2D eigenvalue weighted by molar-refractivity contribution is 5.89. The lowest BCUT2D eigenvalue weighted by atomic mass is 10.2. The van der Waals surface area contributed by atoms with E-state index in [1.54, 1.807) is 17.0 Å². The van der Waals surface area contributed by atoms with Crippen molar-refractivity contribution in [2.24, 2.45) is 0 Å². The first kappa shape index (κ1) is 18.6. The summed E-state index contributed by atoms with van der Waals surface area (Å²) in [7, 11) is 0. The van der Waals surface area contributed by atoms with Crippen LogP contribution >= 0.6 is 0 Å². The second kappa shape index (κ2) is 8.93. The highest BCUT2D eigenvalue weighted by Crippen LogP contribution is 2.32. The van der Waals surface area contributed by atoms with Crippen LogP contribution in [0.15, 0.2) is 48.5 Å². The van der Waals surface area contributed by atoms with Gasteiger partial charge in [-0.15, -0.1) is 0 Å². The standard InChI is InChI=1S/C20H23N3O4/c1-2-23(13-15-8-9-17-18(12-15)27-14-26-17)19(24)10-11-21-20(25)22-16-6-4-3-5-7-16/h3-9,12H,2,10-11,13-14H2,1H3,(H2,21,22,25). The van der Waals surface area contributed by atoms with Crippen molar-refractivity contribution >= 4 is 17.6 Å². The third-order valence-corrected chi connectivity index (χ3v) is 4.20. The quantitative estimate of drug-likeness (QED) is 0.786. The number of hydrogen-bond acceptors (Lipinski definition) is 4. The van der Waals surface area contributed by atoms with Crippen molar-refractivity contribution in [3.63, 3.8) is 0 Å². The summed E-state index contributed by atoms with van der Waals surface area (Å²) in [5.41, 5.74) is 1.68. The van der Waals surface area contributed by atoms with Gasteiger partial charge in [0.1, 0.15) is 0 Å². The summed E-state index contributed by atoms with van der Waals surface area (Å²) in [6.07, 6.45) is 0.237. The molecule has 7 nitrogen and oxygen atoms in total. The lowest BCUT2D eigenvalue weighted by molar-refractivity contribution is -0.131. The Hall–Kier alpha value is -3.22. The van der Waals surface area contributed by atoms with Crippen molar-refractivity contribution in [1.29, 1.82) is 0 Å². The molecule has 0 unspecified atom stereocenters. The van der Waals surface area contributed by atoms with Crippen LogP contribution in [0, 0.1) is 0 Å². The number of ether oxygens (including phenoxy) is 2. The zero-order valence-corrected chi connectivity index (χ0v) is 15.2. The van der Waals surface area contributed by atoms with Gasteiger partial charge in [-0.3, -0.25) is 4.79 Å². The average Bonchev–Trinajstić information content (AvgIpc) is 3.14. The summed E-state index contributed by atoms with van der Waals surface area (Å²) >= 11 is 0. The Morgan fingerprint density at radius 2 is 1.85 bits per heavy atom. The van der Waals surface area contributed by atoms with Crippen LogP contribution < -0.4 is 20.1 Å². The van der Waals surface area contributed by atoms with Crippen LogP contribution in [-0.4, -0.2) is 36.7 Å². The number of hydrogen-bond donors (Lipinski definition) is 2. The van der Waals surface area contributed by atoms with Crippen molar-refractivity contribution in [3.05, 3.63) is 54.1 Å². The molecule has 2 N–H and O–H groups in total. The zero-order chi connectivity index (χ0) is 19.1. The fourth-order valence-corrected chi connectivity index (χ4v) is 2.77. The van der Waals surface area contributed by atoms with E-state index in [-0.39, 0.29) is 31.7 Å². The van der Waals surface area contributed by atoms with Gasteiger partial charge in [0.05, 0.1) is 0 Å². The van der Waals surface area contributed by atoms with Crippen LogP contribution in [-0.2, 0) is 11.3 Å². The summed E-state index contributed by atoms with van der Waals surface area (Å²) in [5.74, 6) is 1.41. The Labute approximate surface area is 158 Å². The van der Waals surface area contributed by atoms with Gasteiger partial charge >= 0.3 is 6.03 Å². The molecule has 27 heavy (non-hydrogen) atoms. The number of carbonyl (C=O) groups excluding carboxylic acids is 2. The van der Waals surface area contributed by atoms with E-state index in [4.69, 9.17) is 9.47 Å². The monoisotopic (exact) mass is 369 g/mol. The SMILES string of the molecule is CCN(Cc1ccc2c(c1)OCO2)C(=O)CCNC(=O)Nc1ccccc1.